The molecule has 0 aliphatic rings. The quantitative estimate of drug-likeness (QED) is 0.232. The Morgan fingerprint density at radius 3 is 2.60 bits per heavy atom. The molecule has 0 saturated carbocycles. The summed E-state index contributed by atoms with van der Waals surface area (Å²) in [5.74, 6) is 0. The molecular weight excluding hydrogens is 352 g/mol. The molecule has 1 aromatic rings. The van der Waals surface area contributed by atoms with Crippen LogP contribution in [0.15, 0.2) is 23.1 Å². The zero-order valence-corrected chi connectivity index (χ0v) is 15.0. The van der Waals surface area contributed by atoms with Crippen LogP contribution in [-0.4, -0.2) is 74.9 Å². The Morgan fingerprint density at radius 1 is 1.36 bits per heavy atom. The molecule has 0 radical (unpaired) electrons. The third-order valence-corrected chi connectivity index (χ3v) is 4.75. The second-order valence-corrected chi connectivity index (χ2v) is 7.47. The number of nitro benzene ring substituents is 1. The maximum atomic E-state index is 12.2. The lowest BCUT2D eigenvalue weighted by Crippen LogP contribution is -2.27. The standard InChI is InChI=1S/C14H24N4O6S/c1-17(2)7-3-6-16-25(23,24)12-4-5-13(14(8-12)18(21)22)15-9-11(20)10-19/h4-5,8,11,15-16,19-20H,3,6-7,9-10H2,1-2H3. The first kappa shape index (κ1) is 21.3. The number of nitrogens with one attached hydrogen (secondary N) is 2. The molecule has 0 aliphatic heterocycles. The van der Waals surface area contributed by atoms with Crippen molar-refractivity contribution < 1.29 is 23.6 Å². The molecule has 11 heteroatoms. The number of nitrogens with zero attached hydrogens (tertiary/aromatic N) is 2. The summed E-state index contributed by atoms with van der Waals surface area (Å²) < 4.78 is 26.9. The van der Waals surface area contributed by atoms with Crippen molar-refractivity contribution in [2.45, 2.75) is 17.4 Å². The normalized spacial score (nSPS) is 13.0. The Balaban J connectivity index is 2.90. The van der Waals surface area contributed by atoms with E-state index in [1.54, 1.807) is 0 Å². The maximum Gasteiger partial charge on any atom is 0.293 e. The fraction of sp³-hybridized carbons (Fsp3) is 0.571. The zero-order chi connectivity index (χ0) is 19.0. The highest BCUT2D eigenvalue weighted by Gasteiger charge is 2.21. The van der Waals surface area contributed by atoms with Crippen LogP contribution in [0.25, 0.3) is 0 Å². The number of hydrogen-bond donors (Lipinski definition) is 4. The smallest absolute Gasteiger partial charge is 0.293 e. The number of hydrogen-bond acceptors (Lipinski definition) is 8. The summed E-state index contributed by atoms with van der Waals surface area (Å²) in [5, 5.41) is 31.9. The SMILES string of the molecule is CN(C)CCCNS(=O)(=O)c1ccc(NCC(O)CO)c([N+](=O)[O-])c1. The van der Waals surface area contributed by atoms with Crippen LogP contribution < -0.4 is 10.0 Å². The van der Waals surface area contributed by atoms with Crippen molar-refractivity contribution in [2.75, 3.05) is 45.7 Å². The summed E-state index contributed by atoms with van der Waals surface area (Å²) >= 11 is 0. The zero-order valence-electron chi connectivity index (χ0n) is 14.2. The van der Waals surface area contributed by atoms with E-state index in [1.807, 2.05) is 19.0 Å². The highest BCUT2D eigenvalue weighted by molar-refractivity contribution is 7.89. The van der Waals surface area contributed by atoms with Gasteiger partial charge >= 0.3 is 0 Å². The molecule has 0 aliphatic carbocycles. The van der Waals surface area contributed by atoms with Crippen molar-refractivity contribution in [2.24, 2.45) is 0 Å². The minimum Gasteiger partial charge on any atom is -0.394 e. The highest BCUT2D eigenvalue weighted by Crippen LogP contribution is 2.27. The first-order valence-electron chi connectivity index (χ1n) is 7.63. The van der Waals surface area contributed by atoms with Crippen LogP contribution in [-0.2, 0) is 10.0 Å². The molecule has 0 heterocycles. The van der Waals surface area contributed by atoms with Crippen molar-refractivity contribution in [3.63, 3.8) is 0 Å². The van der Waals surface area contributed by atoms with E-state index >= 15 is 0 Å². The third kappa shape index (κ3) is 6.92. The number of nitro groups is 1. The largest absolute Gasteiger partial charge is 0.394 e. The molecule has 1 atom stereocenters. The van der Waals surface area contributed by atoms with Gasteiger partial charge in [0.15, 0.2) is 0 Å². The lowest BCUT2D eigenvalue weighted by molar-refractivity contribution is -0.384. The summed E-state index contributed by atoms with van der Waals surface area (Å²) in [6, 6.07) is 3.47. The van der Waals surface area contributed by atoms with Crippen LogP contribution in [0.5, 0.6) is 0 Å². The second-order valence-electron chi connectivity index (χ2n) is 5.71. The first-order chi connectivity index (χ1) is 11.7. The van der Waals surface area contributed by atoms with E-state index in [-0.39, 0.29) is 23.7 Å². The molecule has 10 nitrogen and oxygen atoms in total. The highest BCUT2D eigenvalue weighted by atomic mass is 32.2. The molecule has 0 bridgehead atoms. The Labute approximate surface area is 146 Å². The number of aliphatic hydroxyl groups excluding tert-OH is 2. The number of anilines is 1. The predicted molar refractivity (Wildman–Crippen MR) is 93.0 cm³/mol. The van der Waals surface area contributed by atoms with E-state index in [1.165, 1.54) is 12.1 Å². The molecular formula is C14H24N4O6S. The molecule has 0 aromatic heterocycles. The van der Waals surface area contributed by atoms with Crippen LogP contribution in [0.1, 0.15) is 6.42 Å². The molecule has 1 aromatic carbocycles. The Bertz CT molecular complexity index is 680. The average Bonchev–Trinajstić information content (AvgIpc) is 2.56. The molecule has 1 rings (SSSR count). The van der Waals surface area contributed by atoms with Crippen molar-refractivity contribution in [1.29, 1.82) is 0 Å². The minimum atomic E-state index is -3.86. The monoisotopic (exact) mass is 376 g/mol. The van der Waals surface area contributed by atoms with E-state index in [0.29, 0.717) is 13.0 Å². The Hall–Kier alpha value is -1.79. The van der Waals surface area contributed by atoms with Crippen LogP contribution >= 0.6 is 0 Å². The fourth-order valence-corrected chi connectivity index (χ4v) is 3.05. The summed E-state index contributed by atoms with van der Waals surface area (Å²) in [7, 11) is -0.112. The third-order valence-electron chi connectivity index (χ3n) is 3.29. The van der Waals surface area contributed by atoms with Gasteiger partial charge in [-0.15, -0.1) is 0 Å². The molecule has 142 valence electrons. The number of rotatable bonds is 11. The van der Waals surface area contributed by atoms with Gasteiger partial charge in [-0.3, -0.25) is 10.1 Å². The number of benzene rings is 1. The van der Waals surface area contributed by atoms with Gasteiger partial charge < -0.3 is 20.4 Å². The van der Waals surface area contributed by atoms with E-state index < -0.39 is 33.3 Å². The Morgan fingerprint density at radius 2 is 2.04 bits per heavy atom. The van der Waals surface area contributed by atoms with Crippen molar-refractivity contribution >= 4 is 21.4 Å². The van der Waals surface area contributed by atoms with Gasteiger partial charge in [-0.25, -0.2) is 13.1 Å². The molecule has 0 spiro atoms. The molecule has 4 N–H and O–H groups in total. The predicted octanol–water partition coefficient (Wildman–Crippen LogP) is -0.410. The van der Waals surface area contributed by atoms with E-state index in [9.17, 15) is 23.6 Å². The van der Waals surface area contributed by atoms with Crippen molar-refractivity contribution in [3.8, 4) is 0 Å². The summed E-state index contributed by atoms with van der Waals surface area (Å²) in [6.45, 7) is 0.325. The summed E-state index contributed by atoms with van der Waals surface area (Å²) in [6.07, 6.45) is -0.478. The molecule has 1 unspecified atom stereocenters. The van der Waals surface area contributed by atoms with Gasteiger partial charge in [0.2, 0.25) is 10.0 Å². The van der Waals surface area contributed by atoms with Gasteiger partial charge in [-0.2, -0.15) is 0 Å². The molecule has 0 amide bonds. The van der Waals surface area contributed by atoms with Gasteiger partial charge in [0.1, 0.15) is 5.69 Å². The van der Waals surface area contributed by atoms with E-state index in [0.717, 1.165) is 6.07 Å². The number of aliphatic hydroxyl groups is 2. The van der Waals surface area contributed by atoms with Gasteiger partial charge in [0.25, 0.3) is 5.69 Å². The van der Waals surface area contributed by atoms with Gasteiger partial charge in [0.05, 0.1) is 22.5 Å². The number of sulfonamides is 1. The van der Waals surface area contributed by atoms with Crippen LogP contribution in [0, 0.1) is 10.1 Å². The molecule has 0 fully saturated rings. The molecule has 25 heavy (non-hydrogen) atoms. The van der Waals surface area contributed by atoms with Crippen LogP contribution in [0.2, 0.25) is 0 Å². The Kier molecular flexibility index (Phi) is 8.19. The van der Waals surface area contributed by atoms with E-state index in [2.05, 4.69) is 10.0 Å². The first-order valence-corrected chi connectivity index (χ1v) is 9.11. The van der Waals surface area contributed by atoms with Crippen molar-refractivity contribution in [3.05, 3.63) is 28.3 Å². The summed E-state index contributed by atoms with van der Waals surface area (Å²) in [5.41, 5.74) is -0.370. The van der Waals surface area contributed by atoms with Gasteiger partial charge in [-0.05, 0) is 39.2 Å². The second kappa shape index (κ2) is 9.63. The molecule has 0 saturated heterocycles. The van der Waals surface area contributed by atoms with E-state index in [4.69, 9.17) is 5.11 Å². The lowest BCUT2D eigenvalue weighted by Gasteiger charge is -2.12. The van der Waals surface area contributed by atoms with Gasteiger partial charge in [0, 0.05) is 19.2 Å². The van der Waals surface area contributed by atoms with Crippen LogP contribution in [0.4, 0.5) is 11.4 Å². The topological polar surface area (TPSA) is 145 Å². The average molecular weight is 376 g/mol. The van der Waals surface area contributed by atoms with Gasteiger partial charge in [-0.1, -0.05) is 0 Å². The summed E-state index contributed by atoms with van der Waals surface area (Å²) in [4.78, 5) is 12.2. The van der Waals surface area contributed by atoms with Crippen LogP contribution in [0.3, 0.4) is 0 Å². The maximum absolute atomic E-state index is 12.2. The van der Waals surface area contributed by atoms with Crippen molar-refractivity contribution in [1.82, 2.24) is 9.62 Å². The lowest BCUT2D eigenvalue weighted by atomic mass is 10.2. The fourth-order valence-electron chi connectivity index (χ4n) is 1.96. The minimum absolute atomic E-state index is 0.0593.